The molecule has 17 heavy (non-hydrogen) atoms. The van der Waals surface area contributed by atoms with Gasteiger partial charge in [0, 0.05) is 18.2 Å². The van der Waals surface area contributed by atoms with Crippen LogP contribution in [0.4, 0.5) is 19.0 Å². The number of halogens is 3. The van der Waals surface area contributed by atoms with Crippen molar-refractivity contribution in [3.8, 4) is 0 Å². The zero-order valence-electron chi connectivity index (χ0n) is 8.75. The molecular weight excluding hydrogens is 229 g/mol. The molecule has 0 fully saturated rings. The maximum Gasteiger partial charge on any atom is 0.168 e. The molecule has 2 aromatic rings. The van der Waals surface area contributed by atoms with Crippen molar-refractivity contribution in [1.29, 1.82) is 0 Å². The highest BCUT2D eigenvalue weighted by Crippen LogP contribution is 2.13. The average molecular weight is 238 g/mol. The molecule has 1 N–H and O–H groups in total. The Morgan fingerprint density at radius 1 is 1.06 bits per heavy atom. The Balaban J connectivity index is 2.10. The van der Waals surface area contributed by atoms with Gasteiger partial charge in [-0.25, -0.2) is 18.2 Å². The second kappa shape index (κ2) is 4.86. The van der Waals surface area contributed by atoms with Crippen LogP contribution in [0.25, 0.3) is 0 Å². The van der Waals surface area contributed by atoms with E-state index in [0.717, 1.165) is 12.3 Å². The predicted molar refractivity (Wildman–Crippen MR) is 57.9 cm³/mol. The molecule has 0 saturated carbocycles. The van der Waals surface area contributed by atoms with Gasteiger partial charge in [-0.2, -0.15) is 0 Å². The zero-order valence-corrected chi connectivity index (χ0v) is 8.75. The maximum atomic E-state index is 13.2. The highest BCUT2D eigenvalue weighted by atomic mass is 19.1. The third-order valence-corrected chi connectivity index (χ3v) is 2.21. The van der Waals surface area contributed by atoms with E-state index in [1.54, 1.807) is 18.2 Å². The largest absolute Gasteiger partial charge is 0.363 e. The van der Waals surface area contributed by atoms with Crippen LogP contribution in [0.15, 0.2) is 36.5 Å². The SMILES string of the molecule is Fc1cnc(NCc2ccccc2F)c(F)c1. The third kappa shape index (κ3) is 2.75. The summed E-state index contributed by atoms with van der Waals surface area (Å²) in [6, 6.07) is 6.84. The number of aromatic nitrogens is 1. The molecule has 2 rings (SSSR count). The molecule has 0 aliphatic rings. The van der Waals surface area contributed by atoms with E-state index in [0.29, 0.717) is 5.56 Å². The fourth-order valence-electron chi connectivity index (χ4n) is 1.37. The van der Waals surface area contributed by atoms with Crippen LogP contribution < -0.4 is 5.32 Å². The highest BCUT2D eigenvalue weighted by Gasteiger charge is 2.06. The molecule has 0 spiro atoms. The monoisotopic (exact) mass is 238 g/mol. The van der Waals surface area contributed by atoms with Crippen LogP contribution in [0.2, 0.25) is 0 Å². The first kappa shape index (κ1) is 11.4. The van der Waals surface area contributed by atoms with Gasteiger partial charge >= 0.3 is 0 Å². The van der Waals surface area contributed by atoms with Crippen LogP contribution in [0.1, 0.15) is 5.56 Å². The Morgan fingerprint density at radius 2 is 1.82 bits per heavy atom. The van der Waals surface area contributed by atoms with Crippen molar-refractivity contribution in [2.75, 3.05) is 5.32 Å². The van der Waals surface area contributed by atoms with Crippen molar-refractivity contribution in [3.63, 3.8) is 0 Å². The number of hydrogen-bond acceptors (Lipinski definition) is 2. The Kier molecular flexibility index (Phi) is 3.27. The molecule has 5 heteroatoms. The van der Waals surface area contributed by atoms with E-state index in [2.05, 4.69) is 10.3 Å². The zero-order chi connectivity index (χ0) is 12.3. The molecule has 0 aliphatic heterocycles. The van der Waals surface area contributed by atoms with Gasteiger partial charge < -0.3 is 5.32 Å². The minimum absolute atomic E-state index is 0.0855. The molecular formula is C12H9F3N2. The summed E-state index contributed by atoms with van der Waals surface area (Å²) in [5, 5.41) is 2.60. The summed E-state index contributed by atoms with van der Waals surface area (Å²) in [5.74, 6) is -2.04. The summed E-state index contributed by atoms with van der Waals surface area (Å²) in [6.45, 7) is 0.0855. The second-order valence-electron chi connectivity index (χ2n) is 3.43. The van der Waals surface area contributed by atoms with E-state index in [4.69, 9.17) is 0 Å². The molecule has 88 valence electrons. The summed E-state index contributed by atoms with van der Waals surface area (Å²) in [5.41, 5.74) is 0.387. The summed E-state index contributed by atoms with van der Waals surface area (Å²) in [7, 11) is 0. The molecule has 0 aliphatic carbocycles. The van der Waals surface area contributed by atoms with Crippen molar-refractivity contribution in [1.82, 2.24) is 4.98 Å². The molecule has 2 nitrogen and oxygen atoms in total. The molecule has 0 saturated heterocycles. The van der Waals surface area contributed by atoms with Gasteiger partial charge in [0.1, 0.15) is 11.6 Å². The number of pyridine rings is 1. The topological polar surface area (TPSA) is 24.9 Å². The fourth-order valence-corrected chi connectivity index (χ4v) is 1.37. The van der Waals surface area contributed by atoms with Crippen molar-refractivity contribution in [2.24, 2.45) is 0 Å². The van der Waals surface area contributed by atoms with Crippen molar-refractivity contribution in [2.45, 2.75) is 6.54 Å². The van der Waals surface area contributed by atoms with Crippen molar-refractivity contribution >= 4 is 5.82 Å². The van der Waals surface area contributed by atoms with Gasteiger partial charge in [-0.1, -0.05) is 18.2 Å². The van der Waals surface area contributed by atoms with Crippen LogP contribution in [-0.2, 0) is 6.54 Å². The van der Waals surface area contributed by atoms with Gasteiger partial charge in [-0.15, -0.1) is 0 Å². The van der Waals surface area contributed by atoms with Crippen molar-refractivity contribution < 1.29 is 13.2 Å². The third-order valence-electron chi connectivity index (χ3n) is 2.21. The van der Waals surface area contributed by atoms with E-state index in [1.807, 2.05) is 0 Å². The van der Waals surface area contributed by atoms with Crippen LogP contribution >= 0.6 is 0 Å². The number of hydrogen-bond donors (Lipinski definition) is 1. The summed E-state index contributed by atoms with van der Waals surface area (Å²) in [4.78, 5) is 3.54. The Bertz CT molecular complexity index is 529. The van der Waals surface area contributed by atoms with Gasteiger partial charge in [-0.05, 0) is 6.07 Å². The minimum Gasteiger partial charge on any atom is -0.363 e. The molecule has 0 radical (unpaired) electrons. The first-order valence-electron chi connectivity index (χ1n) is 4.95. The first-order valence-corrected chi connectivity index (χ1v) is 4.95. The molecule has 0 atom stereocenters. The van der Waals surface area contributed by atoms with Gasteiger partial charge in [-0.3, -0.25) is 0 Å². The molecule has 0 bridgehead atoms. The van der Waals surface area contributed by atoms with E-state index < -0.39 is 11.6 Å². The number of rotatable bonds is 3. The average Bonchev–Trinajstić information content (AvgIpc) is 2.30. The summed E-state index contributed by atoms with van der Waals surface area (Å²) < 4.78 is 39.0. The van der Waals surface area contributed by atoms with E-state index in [9.17, 15) is 13.2 Å². The molecule has 1 aromatic carbocycles. The van der Waals surface area contributed by atoms with E-state index >= 15 is 0 Å². The predicted octanol–water partition coefficient (Wildman–Crippen LogP) is 3.11. The lowest BCUT2D eigenvalue weighted by Gasteiger charge is -2.07. The number of anilines is 1. The second-order valence-corrected chi connectivity index (χ2v) is 3.43. The number of benzene rings is 1. The van der Waals surface area contributed by atoms with Gasteiger partial charge in [0.25, 0.3) is 0 Å². The quantitative estimate of drug-likeness (QED) is 0.888. The molecule has 0 amide bonds. The van der Waals surface area contributed by atoms with Gasteiger partial charge in [0.05, 0.1) is 6.20 Å². The van der Waals surface area contributed by atoms with Crippen LogP contribution in [0, 0.1) is 17.5 Å². The van der Waals surface area contributed by atoms with Gasteiger partial charge in [0.15, 0.2) is 11.6 Å². The molecule has 0 unspecified atom stereocenters. The molecule has 1 heterocycles. The van der Waals surface area contributed by atoms with Gasteiger partial charge in [0.2, 0.25) is 0 Å². The molecule has 1 aromatic heterocycles. The van der Waals surface area contributed by atoms with E-state index in [1.165, 1.54) is 6.07 Å². The summed E-state index contributed by atoms with van der Waals surface area (Å²) in [6.07, 6.45) is 0.896. The Labute approximate surface area is 96.1 Å². The Morgan fingerprint density at radius 3 is 2.53 bits per heavy atom. The first-order chi connectivity index (χ1) is 8.16. The normalized spacial score (nSPS) is 10.3. The van der Waals surface area contributed by atoms with Crippen molar-refractivity contribution in [3.05, 3.63) is 59.5 Å². The smallest absolute Gasteiger partial charge is 0.168 e. The lowest BCUT2D eigenvalue weighted by atomic mass is 10.2. The minimum atomic E-state index is -0.804. The lowest BCUT2D eigenvalue weighted by Crippen LogP contribution is -2.05. The number of nitrogens with one attached hydrogen (secondary N) is 1. The highest BCUT2D eigenvalue weighted by molar-refractivity contribution is 5.37. The van der Waals surface area contributed by atoms with Crippen LogP contribution in [0.5, 0.6) is 0 Å². The number of nitrogens with zero attached hydrogens (tertiary/aromatic N) is 1. The van der Waals surface area contributed by atoms with Crippen LogP contribution in [0.3, 0.4) is 0 Å². The summed E-state index contributed by atoms with van der Waals surface area (Å²) >= 11 is 0. The lowest BCUT2D eigenvalue weighted by molar-refractivity contribution is 0.574. The fraction of sp³-hybridized carbons (Fsp3) is 0.0833. The maximum absolute atomic E-state index is 13.2. The van der Waals surface area contributed by atoms with E-state index in [-0.39, 0.29) is 18.2 Å². The Hall–Kier alpha value is -2.04. The van der Waals surface area contributed by atoms with Crippen LogP contribution in [-0.4, -0.2) is 4.98 Å². The standard InChI is InChI=1S/C12H9F3N2/c13-9-5-11(15)12(17-7-9)16-6-8-3-1-2-4-10(8)14/h1-5,7H,6H2,(H,16,17).